The Hall–Kier alpha value is -17.8. The zero-order valence-corrected chi connectivity index (χ0v) is 72.0. The molecule has 3 nitrogen and oxygen atoms in total. The molecule has 0 spiro atoms. The van der Waals surface area contributed by atoms with Crippen LogP contribution in [0.5, 0.6) is 0 Å². The summed E-state index contributed by atoms with van der Waals surface area (Å²) in [7, 11) is 0. The predicted molar refractivity (Wildman–Crippen MR) is 571 cm³/mol. The van der Waals surface area contributed by atoms with Gasteiger partial charge in [-0.25, -0.2) is 0 Å². The lowest BCUT2D eigenvalue weighted by molar-refractivity contribution is 0.668. The molecule has 0 aliphatic heterocycles. The molecule has 0 atom stereocenters. The van der Waals surface area contributed by atoms with Crippen LogP contribution in [0.4, 0.5) is 0 Å². The summed E-state index contributed by atoms with van der Waals surface area (Å²) in [5.41, 5.74) is 21.4. The lowest BCUT2D eigenvalue weighted by Gasteiger charge is -2.18. The van der Waals surface area contributed by atoms with Crippen molar-refractivity contribution in [3.05, 3.63) is 509 Å². The van der Waals surface area contributed by atoms with Crippen molar-refractivity contribution < 1.29 is 43.4 Å². The van der Waals surface area contributed by atoms with Crippen LogP contribution in [0, 0.1) is 0 Å². The Labute approximate surface area is 812 Å². The lowest BCUT2D eigenvalue weighted by Crippen LogP contribution is -1.91. The molecular weight excluding hydrogens is 1630 g/mol. The molecule has 0 radical (unpaired) electrons. The van der Waals surface area contributed by atoms with Crippen LogP contribution in [0.1, 0.15) is 30.2 Å². The number of benzene rings is 24. The van der Waals surface area contributed by atoms with E-state index in [-0.39, 0.29) is 92.1 Å². The van der Waals surface area contributed by atoms with E-state index in [1.54, 1.807) is 12.1 Å². The average molecular weight is 1740 g/mol. The van der Waals surface area contributed by atoms with Crippen LogP contribution < -0.4 is 0 Å². The summed E-state index contributed by atoms with van der Waals surface area (Å²) in [6.45, 7) is 0. The van der Waals surface area contributed by atoms with E-state index in [0.29, 0.717) is 50.1 Å². The SMILES string of the molecule is [2H]c1c([2H])c(-c2cccc3oc4ccccc4c23)c([2H])c([2H])c1-c1c2ccccc2c(-c2ccccc2)c2ccccc12.[2H]c1c([2H])c([2H])c(-c2c3c([2H])c([2H])c([2H])c([2H])c3c(-c3ccc(-c4c(-c5ccccc5)ccc5oc6ccccc6c45)cc3)c3c([2H])c([2H])c([2H])c([2H])c23)c([2H])c1[2H].[2H]c1c([2H])c([2H])c(-c2c3ccccc3c(-c3ccc(-c4ccc5oc6ccc(-c7cccc(-c8ccccc8)c7)cc6c5c4)cc3)c3ccccc23)c([2H])c1[2H]. The molecule has 24 aromatic carbocycles. The summed E-state index contributed by atoms with van der Waals surface area (Å²) in [6, 6.07) is 114. The molecule has 0 unspecified atom stereocenters. The summed E-state index contributed by atoms with van der Waals surface area (Å²) >= 11 is 0. The number of para-hydroxylation sites is 2. The molecule has 3 heteroatoms. The summed E-state index contributed by atoms with van der Waals surface area (Å²) in [5, 5.41) is 12.1. The van der Waals surface area contributed by atoms with Crippen LogP contribution >= 0.6 is 0 Å². The van der Waals surface area contributed by atoms with Crippen LogP contribution in [0.15, 0.2) is 522 Å². The van der Waals surface area contributed by atoms with E-state index in [2.05, 4.69) is 127 Å². The Morgan fingerprint density at radius 2 is 0.393 bits per heavy atom. The van der Waals surface area contributed by atoms with Crippen molar-refractivity contribution in [2.45, 2.75) is 0 Å². The largest absolute Gasteiger partial charge is 0.456 e. The van der Waals surface area contributed by atoms with Gasteiger partial charge in [-0.15, -0.1) is 0 Å². The Balaban J connectivity index is 0.000000122. The Morgan fingerprint density at radius 1 is 0.126 bits per heavy atom. The van der Waals surface area contributed by atoms with Gasteiger partial charge in [0, 0.05) is 37.9 Å². The van der Waals surface area contributed by atoms with Crippen molar-refractivity contribution >= 4 is 130 Å². The van der Waals surface area contributed by atoms with Crippen molar-refractivity contribution in [2.75, 3.05) is 0 Å². The third kappa shape index (κ3) is 14.2. The fourth-order valence-corrected chi connectivity index (χ4v) is 19.7. The molecule has 0 aliphatic rings. The number of furan rings is 3. The van der Waals surface area contributed by atoms with E-state index in [4.69, 9.17) is 32.4 Å². The van der Waals surface area contributed by atoms with Crippen molar-refractivity contribution in [1.29, 1.82) is 0 Å². The quantitative estimate of drug-likeness (QED) is 0.114. The van der Waals surface area contributed by atoms with E-state index < -0.39 is 90.2 Å². The molecule has 0 N–H and O–H groups in total. The molecule has 0 saturated heterocycles. The van der Waals surface area contributed by atoms with Gasteiger partial charge in [-0.3, -0.25) is 0 Å². The van der Waals surface area contributed by atoms with Crippen molar-refractivity contribution in [1.82, 2.24) is 0 Å². The minimum absolute atomic E-state index is 0.0661. The number of fused-ring (bicyclic) bond motifs is 15. The van der Waals surface area contributed by atoms with Gasteiger partial charge in [0.1, 0.15) is 33.5 Å². The Kier molecular flexibility index (Phi) is 14.9. The lowest BCUT2D eigenvalue weighted by atomic mass is 9.85. The summed E-state index contributed by atoms with van der Waals surface area (Å²) in [4.78, 5) is 0. The van der Waals surface area contributed by atoms with Crippen LogP contribution in [0.2, 0.25) is 0 Å². The molecule has 3 heterocycles. The zero-order chi connectivity index (χ0) is 108. The maximum atomic E-state index is 9.35. The third-order valence-electron chi connectivity index (χ3n) is 25.7. The first-order chi connectivity index (χ1) is 76.1. The van der Waals surface area contributed by atoms with Crippen LogP contribution in [-0.4, -0.2) is 0 Å². The molecule has 630 valence electrons. The Morgan fingerprint density at radius 3 is 0.859 bits per heavy atom. The van der Waals surface area contributed by atoms with E-state index in [9.17, 15) is 11.0 Å². The van der Waals surface area contributed by atoms with Gasteiger partial charge in [0.05, 0.1) is 30.2 Å². The minimum Gasteiger partial charge on any atom is -0.456 e. The molecule has 27 rings (SSSR count). The second-order valence-corrected chi connectivity index (χ2v) is 33.3. The predicted octanol–water partition coefficient (Wildman–Crippen LogP) is 37.7. The fraction of sp³-hybridized carbons (Fsp3) is 0. The van der Waals surface area contributed by atoms with E-state index in [1.807, 2.05) is 237 Å². The second kappa shape index (κ2) is 33.9. The molecule has 0 fully saturated rings. The molecule has 27 aromatic rings. The molecule has 0 saturated carbocycles. The van der Waals surface area contributed by atoms with Crippen LogP contribution in [0.3, 0.4) is 0 Å². The van der Waals surface area contributed by atoms with Gasteiger partial charge in [0.25, 0.3) is 0 Å². The number of hydrogen-bond acceptors (Lipinski definition) is 3. The highest BCUT2D eigenvalue weighted by molar-refractivity contribution is 6.26. The molecule has 3 aromatic heterocycles. The van der Waals surface area contributed by atoms with Gasteiger partial charge in [-0.2, -0.15) is 0 Å². The van der Waals surface area contributed by atoms with Crippen molar-refractivity contribution in [2.24, 2.45) is 0 Å². The van der Waals surface area contributed by atoms with Crippen LogP contribution in [0.25, 0.3) is 264 Å². The number of hydrogen-bond donors (Lipinski definition) is 0. The van der Waals surface area contributed by atoms with Gasteiger partial charge in [0.2, 0.25) is 0 Å². The first-order valence-electron chi connectivity index (χ1n) is 55.5. The van der Waals surface area contributed by atoms with Crippen molar-refractivity contribution in [3.8, 4) is 134 Å². The first-order valence-corrected chi connectivity index (χ1v) is 44.5. The summed E-state index contributed by atoms with van der Waals surface area (Å²) in [5.74, 6) is 0. The molecule has 0 bridgehead atoms. The monoisotopic (exact) mass is 1740 g/mol. The van der Waals surface area contributed by atoms with E-state index in [1.165, 1.54) is 11.1 Å². The first kappa shape index (κ1) is 59.4. The zero-order valence-electron chi connectivity index (χ0n) is 94.0. The second-order valence-electron chi connectivity index (χ2n) is 33.3. The highest BCUT2D eigenvalue weighted by atomic mass is 16.3. The van der Waals surface area contributed by atoms with Gasteiger partial charge in [-0.05, 0) is 247 Å². The average Bonchev–Trinajstić information content (AvgIpc) is 1.30. The molecule has 0 amide bonds. The highest BCUT2D eigenvalue weighted by Gasteiger charge is 2.25. The van der Waals surface area contributed by atoms with Gasteiger partial charge in [-0.1, -0.05) is 454 Å². The topological polar surface area (TPSA) is 39.4 Å². The fourth-order valence-electron chi connectivity index (χ4n) is 19.7. The van der Waals surface area contributed by atoms with Crippen molar-refractivity contribution in [3.63, 3.8) is 0 Å². The van der Waals surface area contributed by atoms with Gasteiger partial charge in [0.15, 0.2) is 0 Å². The van der Waals surface area contributed by atoms with Gasteiger partial charge < -0.3 is 13.3 Å². The Bertz CT molecular complexity index is 10400. The molecule has 0 aliphatic carbocycles. The number of rotatable bonds is 12. The standard InChI is InChI=1S/C50H32O.C44H28O.C38H24O/c1-3-12-33(13-4-1)37-16-11-17-38(30-37)40-27-29-48-46(32-40)45-31-39(26-28-47(45)51-48)34-22-24-36(25-23-34)50-43-20-9-7-18-41(43)49(35-14-5-2-6-15-35)42-19-8-10-21-44(42)50;1-3-13-29(14-4-1)33-27-28-40-44(38-21-11-12-22-39(38)45-40)43(33)32-25-23-31(24-26-32)42-36-19-9-7-17-34(36)41(30-15-5-2-6-16-30)35-18-8-10-20-37(35)42;1-2-11-26(12-3-1)36-29-13-4-6-15-31(29)37(32-16-7-5-14-30(32)36)27-23-21-25(22-24-27)28-18-10-20-35-38(28)33-17-8-9-19-34(33)39-35/h1-32H;1-28H;1-24H/i2D,5D,6D,14D,15D;2D,5D,6D,7D,8D,9D,10D,15D,16D,17D,18D,19D,20D;21D,22D,23D,24D. The third-order valence-corrected chi connectivity index (χ3v) is 25.7. The molecule has 135 heavy (non-hydrogen) atoms. The molecular formula is C132H84O3. The maximum Gasteiger partial charge on any atom is 0.136 e. The smallest absolute Gasteiger partial charge is 0.136 e. The normalized spacial score (nSPS) is 13.8. The summed E-state index contributed by atoms with van der Waals surface area (Å²) in [6.07, 6.45) is 0. The van der Waals surface area contributed by atoms with Gasteiger partial charge >= 0.3 is 0 Å². The van der Waals surface area contributed by atoms with Crippen LogP contribution in [-0.2, 0) is 0 Å². The summed E-state index contributed by atoms with van der Waals surface area (Å²) < 4.78 is 213. The van der Waals surface area contributed by atoms with E-state index >= 15 is 0 Å². The van der Waals surface area contributed by atoms with E-state index in [0.717, 1.165) is 153 Å². The highest BCUT2D eigenvalue weighted by Crippen LogP contribution is 2.51. The maximum absolute atomic E-state index is 9.35. The minimum atomic E-state index is -0.714.